The number of aliphatic carboxylic acids is 1. The van der Waals surface area contributed by atoms with Gasteiger partial charge in [-0.25, -0.2) is 4.79 Å². The van der Waals surface area contributed by atoms with E-state index in [0.29, 0.717) is 11.1 Å². The molecule has 0 saturated heterocycles. The van der Waals surface area contributed by atoms with E-state index in [0.717, 1.165) is 12.5 Å². The molecule has 5 heteroatoms. The Bertz CT molecular complexity index is 549. The molecule has 19 heavy (non-hydrogen) atoms. The number of carbonyl (C=O) groups excluding carboxylic acids is 1. The Morgan fingerprint density at radius 3 is 2.74 bits per heavy atom. The van der Waals surface area contributed by atoms with Gasteiger partial charge >= 0.3 is 5.97 Å². The molecule has 1 aromatic rings. The average Bonchev–Trinajstić information content (AvgIpc) is 2.94. The molecule has 0 aliphatic heterocycles. The maximum absolute atomic E-state index is 12.0. The number of hydrogen-bond donors (Lipinski definition) is 2. The highest BCUT2D eigenvalue weighted by Gasteiger charge is 2.46. The smallest absolute Gasteiger partial charge is 0.328 e. The fourth-order valence-electron chi connectivity index (χ4n) is 1.80. The van der Waals surface area contributed by atoms with Crippen LogP contribution in [0.25, 0.3) is 6.08 Å². The van der Waals surface area contributed by atoms with Gasteiger partial charge in [-0.15, -0.1) is 0 Å². The quantitative estimate of drug-likeness (QED) is 0.808. The van der Waals surface area contributed by atoms with E-state index in [-0.39, 0.29) is 17.4 Å². The third kappa shape index (κ3) is 3.40. The summed E-state index contributed by atoms with van der Waals surface area (Å²) in [6.45, 7) is 4.20. The predicted molar refractivity (Wildman–Crippen MR) is 70.6 cm³/mol. The van der Waals surface area contributed by atoms with E-state index < -0.39 is 5.97 Å². The molecule has 2 N–H and O–H groups in total. The first-order valence-electron chi connectivity index (χ1n) is 6.05. The molecule has 1 fully saturated rings. The van der Waals surface area contributed by atoms with Crippen LogP contribution in [0.1, 0.15) is 36.2 Å². The minimum atomic E-state index is -1.03. The van der Waals surface area contributed by atoms with Crippen molar-refractivity contribution in [1.82, 2.24) is 10.3 Å². The monoisotopic (exact) mass is 260 g/mol. The van der Waals surface area contributed by atoms with Crippen LogP contribution in [0.5, 0.6) is 0 Å². The van der Waals surface area contributed by atoms with Gasteiger partial charge in [0.2, 0.25) is 0 Å². The third-order valence-corrected chi connectivity index (χ3v) is 3.26. The van der Waals surface area contributed by atoms with Crippen LogP contribution in [0.4, 0.5) is 0 Å². The third-order valence-electron chi connectivity index (χ3n) is 3.26. The molecule has 1 atom stereocenters. The minimum Gasteiger partial charge on any atom is -0.478 e. The van der Waals surface area contributed by atoms with Crippen molar-refractivity contribution in [2.45, 2.75) is 26.3 Å². The zero-order valence-electron chi connectivity index (χ0n) is 10.9. The highest BCUT2D eigenvalue weighted by Crippen LogP contribution is 2.44. The topological polar surface area (TPSA) is 79.3 Å². The van der Waals surface area contributed by atoms with Crippen molar-refractivity contribution >= 4 is 18.0 Å². The first kappa shape index (κ1) is 13.3. The zero-order valence-corrected chi connectivity index (χ0v) is 10.9. The SMILES string of the molecule is CC1(C)CC1NC(=O)c1cncc(C=CC(=O)O)c1. The Hall–Kier alpha value is -2.17. The fourth-order valence-corrected chi connectivity index (χ4v) is 1.80. The number of hydrogen-bond acceptors (Lipinski definition) is 3. The molecule has 1 saturated carbocycles. The van der Waals surface area contributed by atoms with Gasteiger partial charge in [-0.3, -0.25) is 9.78 Å². The summed E-state index contributed by atoms with van der Waals surface area (Å²) in [4.78, 5) is 26.4. The van der Waals surface area contributed by atoms with E-state index in [1.807, 2.05) is 0 Å². The summed E-state index contributed by atoms with van der Waals surface area (Å²) in [5, 5.41) is 11.5. The Balaban J connectivity index is 2.06. The van der Waals surface area contributed by atoms with E-state index >= 15 is 0 Å². The summed E-state index contributed by atoms with van der Waals surface area (Å²) in [5.41, 5.74) is 1.20. The van der Waals surface area contributed by atoms with Gasteiger partial charge in [-0.2, -0.15) is 0 Å². The lowest BCUT2D eigenvalue weighted by Gasteiger charge is -2.07. The van der Waals surface area contributed by atoms with E-state index in [1.54, 1.807) is 6.07 Å². The molecular weight excluding hydrogens is 244 g/mol. The van der Waals surface area contributed by atoms with Crippen molar-refractivity contribution in [2.24, 2.45) is 5.41 Å². The van der Waals surface area contributed by atoms with E-state index in [9.17, 15) is 9.59 Å². The molecule has 5 nitrogen and oxygen atoms in total. The lowest BCUT2D eigenvalue weighted by molar-refractivity contribution is -0.131. The second-order valence-electron chi connectivity index (χ2n) is 5.40. The number of nitrogens with one attached hydrogen (secondary N) is 1. The lowest BCUT2D eigenvalue weighted by Crippen LogP contribution is -2.28. The predicted octanol–water partition coefficient (Wildman–Crippen LogP) is 1.71. The molecule has 2 rings (SSSR count). The van der Waals surface area contributed by atoms with Crippen LogP contribution in [0, 0.1) is 5.41 Å². The van der Waals surface area contributed by atoms with Crippen LogP contribution >= 0.6 is 0 Å². The van der Waals surface area contributed by atoms with Crippen molar-refractivity contribution in [3.05, 3.63) is 35.7 Å². The van der Waals surface area contributed by atoms with Crippen molar-refractivity contribution in [2.75, 3.05) is 0 Å². The highest BCUT2D eigenvalue weighted by molar-refractivity contribution is 5.95. The molecule has 1 aliphatic rings. The number of carboxylic acid groups (broad SMARTS) is 1. The van der Waals surface area contributed by atoms with Crippen molar-refractivity contribution < 1.29 is 14.7 Å². The first-order chi connectivity index (χ1) is 8.88. The summed E-state index contributed by atoms with van der Waals surface area (Å²) >= 11 is 0. The normalized spacial score (nSPS) is 20.2. The summed E-state index contributed by atoms with van der Waals surface area (Å²) in [7, 11) is 0. The largest absolute Gasteiger partial charge is 0.478 e. The van der Waals surface area contributed by atoms with Gasteiger partial charge in [0, 0.05) is 24.5 Å². The molecule has 1 unspecified atom stereocenters. The van der Waals surface area contributed by atoms with Crippen molar-refractivity contribution in [1.29, 1.82) is 0 Å². The number of rotatable bonds is 4. The summed E-state index contributed by atoms with van der Waals surface area (Å²) < 4.78 is 0. The first-order valence-corrected chi connectivity index (χ1v) is 6.05. The number of carboxylic acids is 1. The number of aromatic nitrogens is 1. The fraction of sp³-hybridized carbons (Fsp3) is 0.357. The molecule has 1 amide bonds. The number of pyridine rings is 1. The van der Waals surface area contributed by atoms with Gasteiger partial charge in [0.15, 0.2) is 0 Å². The Labute approximate surface area is 111 Å². The summed E-state index contributed by atoms with van der Waals surface area (Å²) in [6.07, 6.45) is 6.39. The molecule has 1 aromatic heterocycles. The Kier molecular flexibility index (Phi) is 3.38. The molecule has 0 bridgehead atoms. The van der Waals surface area contributed by atoms with Crippen LogP contribution < -0.4 is 5.32 Å². The Morgan fingerprint density at radius 1 is 1.47 bits per heavy atom. The van der Waals surface area contributed by atoms with Gasteiger partial charge in [0.05, 0.1) is 5.56 Å². The van der Waals surface area contributed by atoms with E-state index in [1.165, 1.54) is 18.5 Å². The molecular formula is C14H16N2O3. The number of amides is 1. The van der Waals surface area contributed by atoms with Gasteiger partial charge < -0.3 is 10.4 Å². The molecule has 0 aromatic carbocycles. The standard InChI is InChI=1S/C14H16N2O3/c1-14(2)6-11(14)16-13(19)10-5-9(7-15-8-10)3-4-12(17)18/h3-5,7-8,11H,6H2,1-2H3,(H,16,19)(H,17,18). The van der Waals surface area contributed by atoms with Gasteiger partial charge in [0.1, 0.15) is 0 Å². The van der Waals surface area contributed by atoms with Crippen LogP contribution in [0.15, 0.2) is 24.5 Å². The van der Waals surface area contributed by atoms with E-state index in [4.69, 9.17) is 5.11 Å². The lowest BCUT2D eigenvalue weighted by atomic mass is 10.1. The molecule has 100 valence electrons. The highest BCUT2D eigenvalue weighted by atomic mass is 16.4. The van der Waals surface area contributed by atoms with Crippen LogP contribution in [-0.2, 0) is 4.79 Å². The van der Waals surface area contributed by atoms with Crippen LogP contribution in [0.3, 0.4) is 0 Å². The molecule has 1 heterocycles. The number of nitrogens with zero attached hydrogens (tertiary/aromatic N) is 1. The maximum Gasteiger partial charge on any atom is 0.328 e. The maximum atomic E-state index is 12.0. The summed E-state index contributed by atoms with van der Waals surface area (Å²) in [5.74, 6) is -1.21. The summed E-state index contributed by atoms with van der Waals surface area (Å²) in [6, 6.07) is 1.83. The zero-order chi connectivity index (χ0) is 14.0. The molecule has 0 spiro atoms. The van der Waals surface area contributed by atoms with Crippen molar-refractivity contribution in [3.8, 4) is 0 Å². The molecule has 1 aliphatic carbocycles. The second kappa shape index (κ2) is 4.84. The van der Waals surface area contributed by atoms with E-state index in [2.05, 4.69) is 24.1 Å². The van der Waals surface area contributed by atoms with Crippen LogP contribution in [0.2, 0.25) is 0 Å². The Morgan fingerprint density at radius 2 is 2.16 bits per heavy atom. The molecule has 0 radical (unpaired) electrons. The van der Waals surface area contributed by atoms with Gasteiger partial charge in [-0.1, -0.05) is 13.8 Å². The van der Waals surface area contributed by atoms with Crippen LogP contribution in [-0.4, -0.2) is 28.0 Å². The minimum absolute atomic E-state index is 0.171. The van der Waals surface area contributed by atoms with Gasteiger partial charge in [0.25, 0.3) is 5.91 Å². The number of carbonyl (C=O) groups is 2. The van der Waals surface area contributed by atoms with Gasteiger partial charge in [-0.05, 0) is 29.5 Å². The second-order valence-corrected chi connectivity index (χ2v) is 5.40. The van der Waals surface area contributed by atoms with Crippen molar-refractivity contribution in [3.63, 3.8) is 0 Å². The average molecular weight is 260 g/mol.